The monoisotopic (exact) mass is 379 g/mol. The van der Waals surface area contributed by atoms with Gasteiger partial charge in [-0.25, -0.2) is 4.98 Å². The molecule has 0 bridgehead atoms. The van der Waals surface area contributed by atoms with Gasteiger partial charge in [-0.1, -0.05) is 25.4 Å². The maximum Gasteiger partial charge on any atom is 0.254 e. The molecule has 1 aliphatic heterocycles. The predicted octanol–water partition coefficient (Wildman–Crippen LogP) is 5.07. The van der Waals surface area contributed by atoms with Gasteiger partial charge in [0.1, 0.15) is 0 Å². The summed E-state index contributed by atoms with van der Waals surface area (Å²) in [5, 5.41) is 1.40. The molecule has 0 aliphatic carbocycles. The molecular weight excluding hydrogens is 358 g/mol. The minimum Gasteiger partial charge on any atom is -0.338 e. The largest absolute Gasteiger partial charge is 0.338 e. The number of benzene rings is 1. The lowest BCUT2D eigenvalue weighted by molar-refractivity contribution is 0.0625. The van der Waals surface area contributed by atoms with Crippen LogP contribution in [0.25, 0.3) is 22.2 Å². The first-order valence-electron chi connectivity index (χ1n) is 9.31. The van der Waals surface area contributed by atoms with Crippen LogP contribution in [-0.4, -0.2) is 33.9 Å². The molecule has 138 valence electrons. The van der Waals surface area contributed by atoms with E-state index in [1.807, 2.05) is 41.3 Å². The van der Waals surface area contributed by atoms with Gasteiger partial charge in [0.15, 0.2) is 0 Å². The summed E-state index contributed by atoms with van der Waals surface area (Å²) < 4.78 is 0. The molecule has 0 spiro atoms. The van der Waals surface area contributed by atoms with Crippen molar-refractivity contribution in [1.29, 1.82) is 0 Å². The number of hydrogen-bond acceptors (Lipinski definition) is 3. The quantitative estimate of drug-likeness (QED) is 0.624. The molecule has 3 aromatic rings. The third kappa shape index (κ3) is 3.67. The molecule has 0 N–H and O–H groups in total. The van der Waals surface area contributed by atoms with Crippen LogP contribution in [0.2, 0.25) is 5.02 Å². The highest BCUT2D eigenvalue weighted by molar-refractivity contribution is 6.31. The Hall–Kier alpha value is -2.46. The van der Waals surface area contributed by atoms with Crippen LogP contribution in [0.1, 0.15) is 30.6 Å². The van der Waals surface area contributed by atoms with E-state index in [1.54, 1.807) is 12.4 Å². The number of nitrogens with zero attached hydrogens (tertiary/aromatic N) is 3. The van der Waals surface area contributed by atoms with Crippen molar-refractivity contribution < 1.29 is 4.79 Å². The molecule has 1 saturated heterocycles. The number of piperidine rings is 1. The van der Waals surface area contributed by atoms with Gasteiger partial charge in [-0.3, -0.25) is 9.78 Å². The maximum absolute atomic E-state index is 13.4. The standard InChI is InChI=1S/C22H22ClN3O/c1-14-8-15(2)13-26(12-14)22(27)19-10-21(16-4-3-7-24-11-16)25-20-6-5-17(23)9-18(19)20/h3-7,9-11,14-15H,8,12-13H2,1-2H3/t14-,15-/m1/s1. The molecule has 2 atom stereocenters. The summed E-state index contributed by atoms with van der Waals surface area (Å²) in [7, 11) is 0. The lowest BCUT2D eigenvalue weighted by Crippen LogP contribution is -2.42. The van der Waals surface area contributed by atoms with Crippen molar-refractivity contribution in [3.05, 3.63) is 59.4 Å². The van der Waals surface area contributed by atoms with Crippen molar-refractivity contribution in [2.24, 2.45) is 11.8 Å². The first-order valence-corrected chi connectivity index (χ1v) is 9.69. The van der Waals surface area contributed by atoms with Crippen LogP contribution in [0, 0.1) is 11.8 Å². The van der Waals surface area contributed by atoms with E-state index < -0.39 is 0 Å². The Morgan fingerprint density at radius 2 is 1.93 bits per heavy atom. The molecule has 0 radical (unpaired) electrons. The van der Waals surface area contributed by atoms with Gasteiger partial charge >= 0.3 is 0 Å². The van der Waals surface area contributed by atoms with Gasteiger partial charge < -0.3 is 4.90 Å². The number of likely N-dealkylation sites (tertiary alicyclic amines) is 1. The SMILES string of the molecule is C[C@@H]1C[C@@H](C)CN(C(=O)c2cc(-c3cccnc3)nc3ccc(Cl)cc23)C1. The second-order valence-electron chi connectivity index (χ2n) is 7.61. The normalized spacial score (nSPS) is 20.0. The molecule has 1 aromatic carbocycles. The molecule has 1 aliphatic rings. The third-order valence-electron chi connectivity index (χ3n) is 5.11. The minimum atomic E-state index is 0.0493. The van der Waals surface area contributed by atoms with Gasteiger partial charge in [0.05, 0.1) is 16.8 Å². The van der Waals surface area contributed by atoms with Gasteiger partial charge in [0, 0.05) is 41.5 Å². The van der Waals surface area contributed by atoms with E-state index in [4.69, 9.17) is 16.6 Å². The Bertz CT molecular complexity index is 980. The average Bonchev–Trinajstić information content (AvgIpc) is 2.66. The highest BCUT2D eigenvalue weighted by atomic mass is 35.5. The summed E-state index contributed by atoms with van der Waals surface area (Å²) in [6, 6.07) is 11.2. The number of aromatic nitrogens is 2. The maximum atomic E-state index is 13.4. The number of amides is 1. The Morgan fingerprint density at radius 1 is 1.15 bits per heavy atom. The van der Waals surface area contributed by atoms with Gasteiger partial charge in [-0.05, 0) is 54.7 Å². The molecule has 0 unspecified atom stereocenters. The highest BCUT2D eigenvalue weighted by Crippen LogP contribution is 2.29. The van der Waals surface area contributed by atoms with E-state index in [0.717, 1.165) is 41.7 Å². The number of carbonyl (C=O) groups excluding carboxylic acids is 1. The molecule has 4 nitrogen and oxygen atoms in total. The van der Waals surface area contributed by atoms with Crippen LogP contribution in [0.3, 0.4) is 0 Å². The van der Waals surface area contributed by atoms with Crippen LogP contribution >= 0.6 is 11.6 Å². The number of rotatable bonds is 2. The first kappa shape index (κ1) is 17.9. The van der Waals surface area contributed by atoms with Crippen LogP contribution in [0.4, 0.5) is 0 Å². The molecular formula is C22H22ClN3O. The summed E-state index contributed by atoms with van der Waals surface area (Å²) in [6.45, 7) is 5.99. The summed E-state index contributed by atoms with van der Waals surface area (Å²) >= 11 is 6.22. The summed E-state index contributed by atoms with van der Waals surface area (Å²) in [5.74, 6) is 1.06. The summed E-state index contributed by atoms with van der Waals surface area (Å²) in [5.41, 5.74) is 3.06. The highest BCUT2D eigenvalue weighted by Gasteiger charge is 2.27. The van der Waals surface area contributed by atoms with Gasteiger partial charge in [0.25, 0.3) is 5.91 Å². The van der Waals surface area contributed by atoms with Gasteiger partial charge in [0.2, 0.25) is 0 Å². The average molecular weight is 380 g/mol. The number of pyridine rings is 2. The molecule has 1 fully saturated rings. The molecule has 27 heavy (non-hydrogen) atoms. The van der Waals surface area contributed by atoms with E-state index in [0.29, 0.717) is 22.4 Å². The van der Waals surface area contributed by atoms with Crippen molar-refractivity contribution in [3.8, 4) is 11.3 Å². The van der Waals surface area contributed by atoms with Gasteiger partial charge in [-0.2, -0.15) is 0 Å². The smallest absolute Gasteiger partial charge is 0.254 e. The summed E-state index contributed by atoms with van der Waals surface area (Å²) in [4.78, 5) is 24.3. The number of halogens is 1. The van der Waals surface area contributed by atoms with Gasteiger partial charge in [-0.15, -0.1) is 0 Å². The number of hydrogen-bond donors (Lipinski definition) is 0. The zero-order valence-electron chi connectivity index (χ0n) is 15.5. The fraction of sp³-hybridized carbons (Fsp3) is 0.318. The first-order chi connectivity index (χ1) is 13.0. The van der Waals surface area contributed by atoms with Crippen LogP contribution < -0.4 is 0 Å². The molecule has 1 amide bonds. The number of carbonyl (C=O) groups is 1. The van der Waals surface area contributed by atoms with Crippen LogP contribution in [-0.2, 0) is 0 Å². The Kier molecular flexibility index (Phi) is 4.83. The van der Waals surface area contributed by atoms with Crippen molar-refractivity contribution in [3.63, 3.8) is 0 Å². The van der Waals surface area contributed by atoms with E-state index in [9.17, 15) is 4.79 Å². The zero-order chi connectivity index (χ0) is 19.0. The lowest BCUT2D eigenvalue weighted by Gasteiger charge is -2.35. The third-order valence-corrected chi connectivity index (χ3v) is 5.35. The van der Waals surface area contributed by atoms with E-state index in [2.05, 4.69) is 18.8 Å². The summed E-state index contributed by atoms with van der Waals surface area (Å²) in [6.07, 6.45) is 4.66. The van der Waals surface area contributed by atoms with E-state index in [-0.39, 0.29) is 5.91 Å². The Labute approximate surface area is 164 Å². The Morgan fingerprint density at radius 3 is 2.63 bits per heavy atom. The second-order valence-corrected chi connectivity index (χ2v) is 8.05. The van der Waals surface area contributed by atoms with Crippen LogP contribution in [0.15, 0.2) is 48.8 Å². The van der Waals surface area contributed by atoms with Crippen molar-refractivity contribution in [2.45, 2.75) is 20.3 Å². The van der Waals surface area contributed by atoms with Crippen molar-refractivity contribution in [2.75, 3.05) is 13.1 Å². The lowest BCUT2D eigenvalue weighted by atomic mass is 9.91. The number of fused-ring (bicyclic) bond motifs is 1. The van der Waals surface area contributed by atoms with Crippen molar-refractivity contribution >= 4 is 28.4 Å². The minimum absolute atomic E-state index is 0.0493. The van der Waals surface area contributed by atoms with Crippen LogP contribution in [0.5, 0.6) is 0 Å². The molecule has 2 aromatic heterocycles. The van der Waals surface area contributed by atoms with E-state index >= 15 is 0 Å². The van der Waals surface area contributed by atoms with Crippen molar-refractivity contribution in [1.82, 2.24) is 14.9 Å². The molecule has 0 saturated carbocycles. The fourth-order valence-electron chi connectivity index (χ4n) is 4.04. The van der Waals surface area contributed by atoms with E-state index in [1.165, 1.54) is 0 Å². The molecule has 3 heterocycles. The Balaban J connectivity index is 1.84. The zero-order valence-corrected chi connectivity index (χ0v) is 16.3. The molecule has 5 heteroatoms. The second kappa shape index (κ2) is 7.28. The predicted molar refractivity (Wildman–Crippen MR) is 109 cm³/mol. The fourth-order valence-corrected chi connectivity index (χ4v) is 4.21. The molecule has 4 rings (SSSR count). The topological polar surface area (TPSA) is 46.1 Å².